The third kappa shape index (κ3) is 2.93. The van der Waals surface area contributed by atoms with Crippen molar-refractivity contribution in [2.24, 2.45) is 13.0 Å². The van der Waals surface area contributed by atoms with E-state index >= 15 is 0 Å². The highest BCUT2D eigenvalue weighted by Gasteiger charge is 2.31. The van der Waals surface area contributed by atoms with Gasteiger partial charge in [-0.15, -0.1) is 0 Å². The molecular weight excluding hydrogens is 300 g/mol. The van der Waals surface area contributed by atoms with E-state index in [1.54, 1.807) is 11.6 Å². The molecule has 1 saturated carbocycles. The van der Waals surface area contributed by atoms with Gasteiger partial charge >= 0.3 is 11.7 Å². The lowest BCUT2D eigenvalue weighted by Crippen LogP contribution is -2.31. The minimum atomic E-state index is -0.479. The molecule has 0 aromatic carbocycles. The molecule has 0 unspecified atom stereocenters. The normalized spacial score (nSPS) is 14.3. The summed E-state index contributed by atoms with van der Waals surface area (Å²) in [6, 6.07) is 0. The number of nitrogens with zero attached hydrogens (tertiary/aromatic N) is 3. The van der Waals surface area contributed by atoms with E-state index in [1.165, 1.54) is 4.57 Å². The van der Waals surface area contributed by atoms with Crippen LogP contribution in [0.15, 0.2) is 9.59 Å². The summed E-state index contributed by atoms with van der Waals surface area (Å²) in [7, 11) is 1.68. The predicted molar refractivity (Wildman–Crippen MR) is 83.0 cm³/mol. The molecule has 0 amide bonds. The van der Waals surface area contributed by atoms with Gasteiger partial charge in [-0.25, -0.2) is 9.78 Å². The van der Waals surface area contributed by atoms with Crippen LogP contribution in [0.3, 0.4) is 0 Å². The second-order valence-corrected chi connectivity index (χ2v) is 5.91. The van der Waals surface area contributed by atoms with Crippen LogP contribution in [0.4, 0.5) is 0 Å². The van der Waals surface area contributed by atoms with Crippen LogP contribution in [0.25, 0.3) is 11.2 Å². The van der Waals surface area contributed by atoms with E-state index in [-0.39, 0.29) is 18.5 Å². The van der Waals surface area contributed by atoms with Gasteiger partial charge in [-0.3, -0.25) is 19.1 Å². The lowest BCUT2D eigenvalue weighted by molar-refractivity contribution is -0.146. The summed E-state index contributed by atoms with van der Waals surface area (Å²) in [5.41, 5.74) is -0.284. The number of esters is 1. The summed E-state index contributed by atoms with van der Waals surface area (Å²) in [5.74, 6) is 0.237. The molecule has 3 rings (SSSR count). The lowest BCUT2D eigenvalue weighted by Gasteiger charge is -2.04. The number of H-pyrrole nitrogens is 1. The Balaban J connectivity index is 1.98. The van der Waals surface area contributed by atoms with Crippen LogP contribution in [0.1, 0.15) is 38.4 Å². The molecule has 1 aliphatic rings. The molecule has 2 heterocycles. The van der Waals surface area contributed by atoms with Gasteiger partial charge in [0.1, 0.15) is 12.4 Å². The number of ether oxygens (including phenoxy) is 1. The van der Waals surface area contributed by atoms with Crippen molar-refractivity contribution in [3.05, 3.63) is 26.7 Å². The largest absolute Gasteiger partial charge is 0.457 e. The molecular formula is C15H20N4O4. The summed E-state index contributed by atoms with van der Waals surface area (Å²) >= 11 is 0. The lowest BCUT2D eigenvalue weighted by atomic mass is 10.3. The average Bonchev–Trinajstić information content (AvgIpc) is 3.30. The number of fused-ring (bicyclic) bond motifs is 1. The molecule has 0 spiro atoms. The number of aryl methyl sites for hydroxylation is 2. The molecule has 0 aliphatic heterocycles. The number of hydrogen-bond acceptors (Lipinski definition) is 5. The quantitative estimate of drug-likeness (QED) is 0.789. The van der Waals surface area contributed by atoms with Crippen LogP contribution < -0.4 is 11.2 Å². The molecule has 0 bridgehead atoms. The monoisotopic (exact) mass is 320 g/mol. The molecule has 1 N–H and O–H groups in total. The minimum absolute atomic E-state index is 0.00191. The number of carbonyl (C=O) groups is 1. The van der Waals surface area contributed by atoms with Gasteiger partial charge in [0.05, 0.1) is 5.92 Å². The summed E-state index contributed by atoms with van der Waals surface area (Å²) in [5, 5.41) is 0. The number of unbranched alkanes of at least 4 members (excludes halogenated alkanes) is 1. The smallest absolute Gasteiger partial charge is 0.330 e. The van der Waals surface area contributed by atoms with E-state index in [4.69, 9.17) is 4.74 Å². The third-order valence-electron chi connectivity index (χ3n) is 4.10. The fourth-order valence-corrected chi connectivity index (χ4v) is 2.52. The second kappa shape index (κ2) is 6.02. The molecule has 0 radical (unpaired) electrons. The maximum absolute atomic E-state index is 12.1. The number of hydrogen-bond donors (Lipinski definition) is 1. The molecule has 2 aromatic heterocycles. The highest BCUT2D eigenvalue weighted by Crippen LogP contribution is 2.30. The topological polar surface area (TPSA) is 99.0 Å². The second-order valence-electron chi connectivity index (χ2n) is 5.91. The van der Waals surface area contributed by atoms with Gasteiger partial charge in [0, 0.05) is 13.6 Å². The number of nitrogens with one attached hydrogen (secondary N) is 1. The van der Waals surface area contributed by atoms with Gasteiger partial charge < -0.3 is 9.30 Å². The van der Waals surface area contributed by atoms with Crippen LogP contribution >= 0.6 is 0 Å². The Kier molecular flexibility index (Phi) is 4.06. The molecule has 1 fully saturated rings. The SMILES string of the molecule is CCCCn1c(=O)[nH]c(=O)c2c1nc(COC(=O)C1CC1)n2C. The Labute approximate surface area is 132 Å². The number of aromatic nitrogens is 4. The van der Waals surface area contributed by atoms with E-state index in [1.807, 2.05) is 6.92 Å². The standard InChI is InChI=1S/C15H20N4O4/c1-3-4-7-19-12-11(13(20)17-15(19)22)18(2)10(16-12)8-23-14(21)9-5-6-9/h9H,3-8H2,1-2H3,(H,17,20,22). The van der Waals surface area contributed by atoms with Gasteiger partial charge in [-0.1, -0.05) is 13.3 Å². The fourth-order valence-electron chi connectivity index (χ4n) is 2.52. The maximum atomic E-state index is 12.1. The van der Waals surface area contributed by atoms with Crippen molar-refractivity contribution in [1.82, 2.24) is 19.1 Å². The van der Waals surface area contributed by atoms with Gasteiger partial charge in [0.25, 0.3) is 5.56 Å². The number of carbonyl (C=O) groups excluding carboxylic acids is 1. The van der Waals surface area contributed by atoms with Crippen LogP contribution in [0.2, 0.25) is 0 Å². The van der Waals surface area contributed by atoms with Crippen molar-refractivity contribution >= 4 is 17.1 Å². The fraction of sp³-hybridized carbons (Fsp3) is 0.600. The van der Waals surface area contributed by atoms with Gasteiger partial charge in [-0.2, -0.15) is 0 Å². The Morgan fingerprint density at radius 3 is 2.78 bits per heavy atom. The summed E-state index contributed by atoms with van der Waals surface area (Å²) in [6.07, 6.45) is 3.48. The zero-order chi connectivity index (χ0) is 16.6. The highest BCUT2D eigenvalue weighted by molar-refractivity contribution is 5.75. The number of aromatic amines is 1. The van der Waals surface area contributed by atoms with Gasteiger partial charge in [0.2, 0.25) is 0 Å². The van der Waals surface area contributed by atoms with E-state index in [9.17, 15) is 14.4 Å². The Bertz CT molecular complexity index is 857. The van der Waals surface area contributed by atoms with Crippen molar-refractivity contribution in [3.63, 3.8) is 0 Å². The van der Waals surface area contributed by atoms with Crippen molar-refractivity contribution in [3.8, 4) is 0 Å². The Hall–Kier alpha value is -2.38. The summed E-state index contributed by atoms with van der Waals surface area (Å²) in [6.45, 7) is 2.51. The van der Waals surface area contributed by atoms with Crippen LogP contribution in [0.5, 0.6) is 0 Å². The van der Waals surface area contributed by atoms with Crippen LogP contribution in [-0.4, -0.2) is 25.1 Å². The number of imidazole rings is 1. The van der Waals surface area contributed by atoms with Crippen molar-refractivity contribution in [1.29, 1.82) is 0 Å². The minimum Gasteiger partial charge on any atom is -0.457 e. The molecule has 0 saturated heterocycles. The van der Waals surface area contributed by atoms with E-state index in [0.717, 1.165) is 25.7 Å². The molecule has 8 heteroatoms. The van der Waals surface area contributed by atoms with Gasteiger partial charge in [0.15, 0.2) is 11.2 Å². The molecule has 0 atom stereocenters. The molecule has 23 heavy (non-hydrogen) atoms. The van der Waals surface area contributed by atoms with Crippen molar-refractivity contribution < 1.29 is 9.53 Å². The molecule has 124 valence electrons. The van der Waals surface area contributed by atoms with Crippen molar-refractivity contribution in [2.75, 3.05) is 0 Å². The number of rotatable bonds is 6. The average molecular weight is 320 g/mol. The van der Waals surface area contributed by atoms with E-state index in [0.29, 0.717) is 23.5 Å². The first-order chi connectivity index (χ1) is 11.0. The Morgan fingerprint density at radius 2 is 2.13 bits per heavy atom. The molecule has 8 nitrogen and oxygen atoms in total. The summed E-state index contributed by atoms with van der Waals surface area (Å²) in [4.78, 5) is 42.4. The molecule has 2 aromatic rings. The molecule has 1 aliphatic carbocycles. The zero-order valence-corrected chi connectivity index (χ0v) is 13.3. The maximum Gasteiger partial charge on any atom is 0.330 e. The highest BCUT2D eigenvalue weighted by atomic mass is 16.5. The third-order valence-corrected chi connectivity index (χ3v) is 4.10. The predicted octanol–water partition coefficient (Wildman–Crippen LogP) is 0.677. The first-order valence-electron chi connectivity index (χ1n) is 7.88. The summed E-state index contributed by atoms with van der Waals surface area (Å²) < 4.78 is 8.28. The van der Waals surface area contributed by atoms with E-state index < -0.39 is 11.2 Å². The van der Waals surface area contributed by atoms with Gasteiger partial charge in [-0.05, 0) is 19.3 Å². The van der Waals surface area contributed by atoms with Crippen molar-refractivity contribution in [2.45, 2.75) is 45.8 Å². The van der Waals surface area contributed by atoms with Crippen LogP contribution in [0, 0.1) is 5.92 Å². The first-order valence-corrected chi connectivity index (χ1v) is 7.88. The van der Waals surface area contributed by atoms with Crippen LogP contribution in [-0.2, 0) is 29.7 Å². The zero-order valence-electron chi connectivity index (χ0n) is 13.3. The van der Waals surface area contributed by atoms with E-state index in [2.05, 4.69) is 9.97 Å². The first kappa shape index (κ1) is 15.5. The Morgan fingerprint density at radius 1 is 1.39 bits per heavy atom.